The normalized spacial score (nSPS) is 10.8. The molecule has 2 aromatic carbocycles. The van der Waals surface area contributed by atoms with E-state index in [4.69, 9.17) is 0 Å². The molecular formula is C16H13IN4O4. The van der Waals surface area contributed by atoms with Crippen molar-refractivity contribution in [1.29, 1.82) is 0 Å². The van der Waals surface area contributed by atoms with E-state index in [0.29, 0.717) is 16.6 Å². The SMILES string of the molecule is Cn1c(=O)n(C)c2cc([N+](=O)[O-])c(NC(=O)c3ccccc3I)cc21. The fourth-order valence-electron chi connectivity index (χ4n) is 2.62. The standard InChI is InChI=1S/C16H13IN4O4/c1-19-13-7-11(18-15(22)9-5-3-4-6-10(9)17)12(21(24)25)8-14(13)20(2)16(19)23/h3-8H,1-2H3,(H,18,22). The molecule has 0 bridgehead atoms. The van der Waals surface area contributed by atoms with Gasteiger partial charge >= 0.3 is 5.69 Å². The molecule has 0 radical (unpaired) electrons. The van der Waals surface area contributed by atoms with Crippen LogP contribution in [0.15, 0.2) is 41.2 Å². The minimum Gasteiger partial charge on any atom is -0.316 e. The molecule has 0 aliphatic heterocycles. The maximum absolute atomic E-state index is 12.5. The second-order valence-electron chi connectivity index (χ2n) is 5.45. The van der Waals surface area contributed by atoms with E-state index < -0.39 is 10.8 Å². The lowest BCUT2D eigenvalue weighted by Crippen LogP contribution is -2.19. The Morgan fingerprint density at radius 2 is 1.76 bits per heavy atom. The molecular weight excluding hydrogens is 439 g/mol. The smallest absolute Gasteiger partial charge is 0.316 e. The van der Waals surface area contributed by atoms with Crippen molar-refractivity contribution in [2.24, 2.45) is 14.1 Å². The monoisotopic (exact) mass is 452 g/mol. The van der Waals surface area contributed by atoms with Crippen LogP contribution in [0.5, 0.6) is 0 Å². The van der Waals surface area contributed by atoms with Gasteiger partial charge in [0.05, 0.1) is 21.5 Å². The first-order valence-electron chi connectivity index (χ1n) is 7.21. The summed E-state index contributed by atoms with van der Waals surface area (Å²) in [6, 6.07) is 9.67. The summed E-state index contributed by atoms with van der Waals surface area (Å²) in [5.74, 6) is -0.451. The highest BCUT2D eigenvalue weighted by molar-refractivity contribution is 14.1. The maximum Gasteiger partial charge on any atom is 0.328 e. The van der Waals surface area contributed by atoms with E-state index in [9.17, 15) is 19.7 Å². The van der Waals surface area contributed by atoms with Crippen LogP contribution < -0.4 is 11.0 Å². The van der Waals surface area contributed by atoms with Gasteiger partial charge in [-0.3, -0.25) is 24.0 Å². The fourth-order valence-corrected chi connectivity index (χ4v) is 3.25. The summed E-state index contributed by atoms with van der Waals surface area (Å²) >= 11 is 2.02. The van der Waals surface area contributed by atoms with Gasteiger partial charge in [0.1, 0.15) is 5.69 Å². The Balaban J connectivity index is 2.15. The molecule has 9 heteroatoms. The minimum atomic E-state index is -0.581. The molecule has 8 nitrogen and oxygen atoms in total. The minimum absolute atomic E-state index is 0.0448. The number of hydrogen-bond donors (Lipinski definition) is 1. The second-order valence-corrected chi connectivity index (χ2v) is 6.61. The number of nitrogens with zero attached hydrogens (tertiary/aromatic N) is 3. The first-order valence-corrected chi connectivity index (χ1v) is 8.29. The molecule has 128 valence electrons. The van der Waals surface area contributed by atoms with Crippen LogP contribution in [0.2, 0.25) is 0 Å². The number of amides is 1. The van der Waals surface area contributed by atoms with Gasteiger partial charge in [-0.1, -0.05) is 12.1 Å². The molecule has 0 unspecified atom stereocenters. The van der Waals surface area contributed by atoms with Crippen molar-refractivity contribution in [3.8, 4) is 0 Å². The van der Waals surface area contributed by atoms with Gasteiger partial charge in [-0.05, 0) is 40.8 Å². The highest BCUT2D eigenvalue weighted by Gasteiger charge is 2.22. The lowest BCUT2D eigenvalue weighted by Gasteiger charge is -2.08. The molecule has 1 N–H and O–H groups in total. The Hall–Kier alpha value is -2.69. The van der Waals surface area contributed by atoms with Crippen LogP contribution in [0.1, 0.15) is 10.4 Å². The number of imidazole rings is 1. The van der Waals surface area contributed by atoms with E-state index in [2.05, 4.69) is 5.32 Å². The number of fused-ring (bicyclic) bond motifs is 1. The average Bonchev–Trinajstić information content (AvgIpc) is 2.78. The summed E-state index contributed by atoms with van der Waals surface area (Å²) in [6.07, 6.45) is 0. The predicted octanol–water partition coefficient (Wildman–Crippen LogP) is 2.64. The number of carbonyl (C=O) groups is 1. The molecule has 0 saturated carbocycles. The largest absolute Gasteiger partial charge is 0.328 e. The summed E-state index contributed by atoms with van der Waals surface area (Å²) < 4.78 is 3.43. The van der Waals surface area contributed by atoms with Gasteiger partial charge in [0.25, 0.3) is 11.6 Å². The topological polar surface area (TPSA) is 99.2 Å². The molecule has 3 rings (SSSR count). The maximum atomic E-state index is 12.5. The lowest BCUT2D eigenvalue weighted by atomic mass is 10.2. The number of carbonyl (C=O) groups excluding carboxylic acids is 1. The van der Waals surface area contributed by atoms with Crippen molar-refractivity contribution in [2.45, 2.75) is 0 Å². The number of aryl methyl sites for hydroxylation is 2. The van der Waals surface area contributed by atoms with E-state index >= 15 is 0 Å². The third-order valence-corrected chi connectivity index (χ3v) is 4.89. The first kappa shape index (κ1) is 17.1. The number of nitro benzene ring substituents is 1. The zero-order chi connectivity index (χ0) is 18.3. The van der Waals surface area contributed by atoms with E-state index in [0.717, 1.165) is 3.57 Å². The quantitative estimate of drug-likeness (QED) is 0.375. The van der Waals surface area contributed by atoms with Gasteiger partial charge < -0.3 is 5.32 Å². The van der Waals surface area contributed by atoms with Crippen LogP contribution >= 0.6 is 22.6 Å². The number of halogens is 1. The molecule has 0 aliphatic rings. The first-order chi connectivity index (χ1) is 11.8. The Bertz CT molecular complexity index is 1080. The molecule has 0 aliphatic carbocycles. The van der Waals surface area contributed by atoms with Crippen molar-refractivity contribution in [2.75, 3.05) is 5.32 Å². The highest BCUT2D eigenvalue weighted by Crippen LogP contribution is 2.30. The summed E-state index contributed by atoms with van der Waals surface area (Å²) in [7, 11) is 3.11. The van der Waals surface area contributed by atoms with Crippen molar-refractivity contribution >= 4 is 50.9 Å². The van der Waals surface area contributed by atoms with E-state index in [-0.39, 0.29) is 17.1 Å². The molecule has 1 amide bonds. The number of benzene rings is 2. The van der Waals surface area contributed by atoms with Crippen LogP contribution in [0.3, 0.4) is 0 Å². The average molecular weight is 452 g/mol. The molecule has 3 aromatic rings. The molecule has 1 heterocycles. The van der Waals surface area contributed by atoms with Crippen LogP contribution in [0.4, 0.5) is 11.4 Å². The van der Waals surface area contributed by atoms with Crippen LogP contribution in [-0.2, 0) is 14.1 Å². The zero-order valence-corrected chi connectivity index (χ0v) is 15.5. The number of hydrogen-bond acceptors (Lipinski definition) is 4. The van der Waals surface area contributed by atoms with Crippen LogP contribution in [-0.4, -0.2) is 20.0 Å². The van der Waals surface area contributed by atoms with Crippen molar-refractivity contribution in [1.82, 2.24) is 9.13 Å². The molecule has 0 atom stereocenters. The Labute approximate surface area is 155 Å². The molecule has 0 spiro atoms. The molecule has 25 heavy (non-hydrogen) atoms. The summed E-state index contributed by atoms with van der Waals surface area (Å²) in [6.45, 7) is 0. The lowest BCUT2D eigenvalue weighted by molar-refractivity contribution is -0.383. The van der Waals surface area contributed by atoms with Gasteiger partial charge in [0.2, 0.25) is 0 Å². The Kier molecular flexibility index (Phi) is 4.33. The van der Waals surface area contributed by atoms with E-state index in [1.807, 2.05) is 22.6 Å². The number of rotatable bonds is 3. The Morgan fingerprint density at radius 1 is 1.16 bits per heavy atom. The van der Waals surface area contributed by atoms with Gasteiger partial charge in [-0.15, -0.1) is 0 Å². The summed E-state index contributed by atoms with van der Waals surface area (Å²) in [4.78, 5) is 35.4. The molecule has 1 aromatic heterocycles. The van der Waals surface area contributed by atoms with Gasteiger partial charge in [-0.2, -0.15) is 0 Å². The fraction of sp³-hybridized carbons (Fsp3) is 0.125. The summed E-state index contributed by atoms with van der Waals surface area (Å²) in [5.41, 5.74) is 0.809. The highest BCUT2D eigenvalue weighted by atomic mass is 127. The van der Waals surface area contributed by atoms with Crippen molar-refractivity contribution in [3.63, 3.8) is 0 Å². The van der Waals surface area contributed by atoms with E-state index in [1.165, 1.54) is 21.3 Å². The number of anilines is 1. The number of aromatic nitrogens is 2. The van der Waals surface area contributed by atoms with Gasteiger partial charge in [0, 0.05) is 23.7 Å². The van der Waals surface area contributed by atoms with Crippen LogP contribution in [0.25, 0.3) is 11.0 Å². The summed E-state index contributed by atoms with van der Waals surface area (Å²) in [5, 5.41) is 14.0. The second kappa shape index (κ2) is 6.31. The van der Waals surface area contributed by atoms with Gasteiger partial charge in [-0.25, -0.2) is 4.79 Å². The van der Waals surface area contributed by atoms with Crippen molar-refractivity contribution in [3.05, 3.63) is 66.1 Å². The third-order valence-electron chi connectivity index (χ3n) is 3.95. The predicted molar refractivity (Wildman–Crippen MR) is 102 cm³/mol. The van der Waals surface area contributed by atoms with Crippen molar-refractivity contribution < 1.29 is 9.72 Å². The molecule has 0 saturated heterocycles. The van der Waals surface area contributed by atoms with Gasteiger partial charge in [0.15, 0.2) is 0 Å². The third kappa shape index (κ3) is 2.90. The number of nitro groups is 1. The number of nitrogens with one attached hydrogen (secondary N) is 1. The Morgan fingerprint density at radius 3 is 2.36 bits per heavy atom. The van der Waals surface area contributed by atoms with Crippen LogP contribution in [0, 0.1) is 13.7 Å². The molecule has 0 fully saturated rings. The zero-order valence-electron chi connectivity index (χ0n) is 13.3. The van der Waals surface area contributed by atoms with E-state index in [1.54, 1.807) is 38.4 Å².